The second kappa shape index (κ2) is 10.5. The summed E-state index contributed by atoms with van der Waals surface area (Å²) in [6.45, 7) is 11.3. The van der Waals surface area contributed by atoms with Crippen LogP contribution in [-0.4, -0.2) is 55.2 Å². The zero-order chi connectivity index (χ0) is 19.9. The van der Waals surface area contributed by atoms with Crippen LogP contribution in [0.2, 0.25) is 0 Å². The number of ether oxygens (including phenoxy) is 1. The lowest BCUT2D eigenvalue weighted by Crippen LogP contribution is -2.30. The quantitative estimate of drug-likeness (QED) is 0.498. The molecule has 0 aromatic carbocycles. The molecule has 1 saturated heterocycles. The highest BCUT2D eigenvalue weighted by molar-refractivity contribution is 7.94. The van der Waals surface area contributed by atoms with E-state index >= 15 is 0 Å². The SMILES string of the molecule is COSCCc1nc(N(C)CCC2CCOCC2)nc(NC(C)(C)C)c1C. The van der Waals surface area contributed by atoms with Crippen molar-refractivity contribution in [3.8, 4) is 0 Å². The fraction of sp³-hybridized carbons (Fsp3) is 0.800. The molecule has 1 fully saturated rings. The van der Waals surface area contributed by atoms with Crippen LogP contribution in [0.3, 0.4) is 0 Å². The van der Waals surface area contributed by atoms with E-state index in [0.717, 1.165) is 67.3 Å². The Morgan fingerprint density at radius 2 is 1.96 bits per heavy atom. The number of aromatic nitrogens is 2. The van der Waals surface area contributed by atoms with Crippen LogP contribution >= 0.6 is 12.0 Å². The molecule has 7 heteroatoms. The molecule has 0 radical (unpaired) electrons. The van der Waals surface area contributed by atoms with Gasteiger partial charge in [-0.3, -0.25) is 0 Å². The molecule has 1 aromatic rings. The molecule has 0 unspecified atom stereocenters. The minimum atomic E-state index is -0.0460. The summed E-state index contributed by atoms with van der Waals surface area (Å²) in [6.07, 6.45) is 4.36. The number of nitrogens with zero attached hydrogens (tertiary/aromatic N) is 3. The summed E-state index contributed by atoms with van der Waals surface area (Å²) >= 11 is 1.47. The topological polar surface area (TPSA) is 59.5 Å². The van der Waals surface area contributed by atoms with E-state index in [1.54, 1.807) is 7.11 Å². The predicted octanol–water partition coefficient (Wildman–Crippen LogP) is 4.09. The van der Waals surface area contributed by atoms with Gasteiger partial charge in [0.05, 0.1) is 12.8 Å². The zero-order valence-corrected chi connectivity index (χ0v) is 18.6. The first kappa shape index (κ1) is 22.2. The maximum atomic E-state index is 5.47. The number of aryl methyl sites for hydroxylation is 1. The van der Waals surface area contributed by atoms with Gasteiger partial charge in [0.2, 0.25) is 5.95 Å². The largest absolute Gasteiger partial charge is 0.381 e. The Hall–Kier alpha value is -1.05. The van der Waals surface area contributed by atoms with Crippen LogP contribution in [0.4, 0.5) is 11.8 Å². The summed E-state index contributed by atoms with van der Waals surface area (Å²) < 4.78 is 10.6. The molecule has 6 nitrogen and oxygen atoms in total. The molecule has 27 heavy (non-hydrogen) atoms. The summed E-state index contributed by atoms with van der Waals surface area (Å²) in [4.78, 5) is 11.9. The molecule has 0 saturated carbocycles. The van der Waals surface area contributed by atoms with Crippen molar-refractivity contribution in [1.29, 1.82) is 0 Å². The van der Waals surface area contributed by atoms with E-state index < -0.39 is 0 Å². The summed E-state index contributed by atoms with van der Waals surface area (Å²) in [7, 11) is 3.80. The Morgan fingerprint density at radius 3 is 2.59 bits per heavy atom. The monoisotopic (exact) mass is 396 g/mol. The molecule has 2 rings (SSSR count). The van der Waals surface area contributed by atoms with Crippen molar-refractivity contribution in [2.75, 3.05) is 49.9 Å². The van der Waals surface area contributed by atoms with Gasteiger partial charge in [0.15, 0.2) is 0 Å². The lowest BCUT2D eigenvalue weighted by atomic mass is 9.96. The van der Waals surface area contributed by atoms with Crippen LogP contribution in [0.5, 0.6) is 0 Å². The normalized spacial score (nSPS) is 15.8. The molecule has 0 spiro atoms. The summed E-state index contributed by atoms with van der Waals surface area (Å²) in [5.74, 6) is 3.37. The first-order valence-electron chi connectivity index (χ1n) is 9.90. The van der Waals surface area contributed by atoms with Gasteiger partial charge in [0.25, 0.3) is 0 Å². The average Bonchev–Trinajstić information content (AvgIpc) is 2.62. The van der Waals surface area contributed by atoms with Crippen molar-refractivity contribution in [2.24, 2.45) is 5.92 Å². The average molecular weight is 397 g/mol. The van der Waals surface area contributed by atoms with Crippen LogP contribution in [0.15, 0.2) is 0 Å². The number of hydrogen-bond acceptors (Lipinski definition) is 7. The highest BCUT2D eigenvalue weighted by Gasteiger charge is 2.19. The molecule has 0 bridgehead atoms. The number of nitrogens with one attached hydrogen (secondary N) is 1. The Balaban J connectivity index is 2.13. The van der Waals surface area contributed by atoms with E-state index in [0.29, 0.717) is 0 Å². The number of rotatable bonds is 9. The molecular weight excluding hydrogens is 360 g/mol. The van der Waals surface area contributed by atoms with E-state index in [2.05, 4.69) is 45.0 Å². The van der Waals surface area contributed by atoms with Gasteiger partial charge >= 0.3 is 0 Å². The third kappa shape index (κ3) is 7.47. The van der Waals surface area contributed by atoms with Crippen molar-refractivity contribution in [3.63, 3.8) is 0 Å². The fourth-order valence-electron chi connectivity index (χ4n) is 3.17. The van der Waals surface area contributed by atoms with Gasteiger partial charge in [-0.15, -0.1) is 0 Å². The zero-order valence-electron chi connectivity index (χ0n) is 17.8. The Labute approximate surface area is 169 Å². The van der Waals surface area contributed by atoms with Crippen LogP contribution in [0, 0.1) is 12.8 Å². The van der Waals surface area contributed by atoms with E-state index in [4.69, 9.17) is 18.9 Å². The Kier molecular flexibility index (Phi) is 8.63. The molecular formula is C20H36N4O2S. The highest BCUT2D eigenvalue weighted by atomic mass is 32.2. The first-order chi connectivity index (χ1) is 12.8. The summed E-state index contributed by atoms with van der Waals surface area (Å²) in [6, 6.07) is 0. The third-order valence-electron chi connectivity index (χ3n) is 4.82. The Bertz CT molecular complexity index is 586. The highest BCUT2D eigenvalue weighted by Crippen LogP contribution is 2.25. The molecule has 1 aliphatic heterocycles. The maximum Gasteiger partial charge on any atom is 0.227 e. The van der Waals surface area contributed by atoms with Gasteiger partial charge in [0, 0.05) is 50.1 Å². The van der Waals surface area contributed by atoms with Gasteiger partial charge in [-0.25, -0.2) is 4.98 Å². The second-order valence-corrected chi connectivity index (χ2v) is 9.30. The standard InChI is InChI=1S/C20H36N4O2S/c1-15-17(10-14-27-25-6)21-19(22-18(15)23-20(2,3)4)24(5)11-7-16-8-12-26-13-9-16/h16H,7-14H2,1-6H3,(H,21,22,23). The van der Waals surface area contributed by atoms with Crippen LogP contribution in [0.1, 0.15) is 51.3 Å². The van der Waals surface area contributed by atoms with Crippen molar-refractivity contribution in [2.45, 2.75) is 58.9 Å². The van der Waals surface area contributed by atoms with Gasteiger partial charge in [-0.1, -0.05) is 0 Å². The smallest absolute Gasteiger partial charge is 0.227 e. The van der Waals surface area contributed by atoms with Crippen molar-refractivity contribution in [1.82, 2.24) is 9.97 Å². The van der Waals surface area contributed by atoms with Gasteiger partial charge in [0.1, 0.15) is 5.82 Å². The molecule has 0 aliphatic carbocycles. The van der Waals surface area contributed by atoms with Crippen molar-refractivity contribution < 1.29 is 8.92 Å². The molecule has 0 atom stereocenters. The van der Waals surface area contributed by atoms with Crippen molar-refractivity contribution >= 4 is 23.8 Å². The maximum absolute atomic E-state index is 5.47. The van der Waals surface area contributed by atoms with E-state index in [1.807, 2.05) is 0 Å². The molecule has 1 aliphatic rings. The lowest BCUT2D eigenvalue weighted by molar-refractivity contribution is 0.0645. The van der Waals surface area contributed by atoms with E-state index in [1.165, 1.54) is 24.9 Å². The van der Waals surface area contributed by atoms with Gasteiger partial charge < -0.3 is 19.1 Å². The van der Waals surface area contributed by atoms with Crippen LogP contribution in [0.25, 0.3) is 0 Å². The molecule has 1 N–H and O–H groups in total. The lowest BCUT2D eigenvalue weighted by Gasteiger charge is -2.27. The molecule has 2 heterocycles. The third-order valence-corrected chi connectivity index (χ3v) is 5.43. The molecule has 0 amide bonds. The van der Waals surface area contributed by atoms with Crippen LogP contribution in [-0.2, 0) is 15.3 Å². The van der Waals surface area contributed by atoms with Gasteiger partial charge in [-0.2, -0.15) is 4.98 Å². The Morgan fingerprint density at radius 1 is 1.26 bits per heavy atom. The molecule has 1 aromatic heterocycles. The summed E-state index contributed by atoms with van der Waals surface area (Å²) in [5.41, 5.74) is 2.17. The summed E-state index contributed by atoms with van der Waals surface area (Å²) in [5, 5.41) is 3.55. The van der Waals surface area contributed by atoms with E-state index in [-0.39, 0.29) is 5.54 Å². The fourth-order valence-corrected chi connectivity index (χ4v) is 3.62. The second-order valence-electron chi connectivity index (χ2n) is 8.32. The number of hydrogen-bond donors (Lipinski definition) is 1. The van der Waals surface area contributed by atoms with Crippen LogP contribution < -0.4 is 10.2 Å². The van der Waals surface area contributed by atoms with Crippen molar-refractivity contribution in [3.05, 3.63) is 11.3 Å². The minimum absolute atomic E-state index is 0.0460. The van der Waals surface area contributed by atoms with Gasteiger partial charge in [-0.05, 0) is 64.9 Å². The number of anilines is 2. The minimum Gasteiger partial charge on any atom is -0.381 e. The molecule has 154 valence electrons. The predicted molar refractivity (Wildman–Crippen MR) is 115 cm³/mol. The first-order valence-corrected chi connectivity index (χ1v) is 10.8. The van der Waals surface area contributed by atoms with E-state index in [9.17, 15) is 0 Å².